The molecule has 0 bridgehead atoms. The molecule has 0 unspecified atom stereocenters. The van der Waals surface area contributed by atoms with Gasteiger partial charge in [0.1, 0.15) is 0 Å². The van der Waals surface area contributed by atoms with Gasteiger partial charge in [0.15, 0.2) is 0 Å². The molecule has 36 heavy (non-hydrogen) atoms. The number of rotatable bonds is 8. The molecule has 0 aliphatic carbocycles. The van der Waals surface area contributed by atoms with Crippen LogP contribution < -0.4 is 10.0 Å². The molecule has 6 nitrogen and oxygen atoms in total. The number of hydrogen-bond acceptors (Lipinski definition) is 4. The fourth-order valence-electron chi connectivity index (χ4n) is 4.58. The highest BCUT2D eigenvalue weighted by molar-refractivity contribution is 7.92. The first kappa shape index (κ1) is 25.9. The zero-order valence-corrected chi connectivity index (χ0v) is 22.1. The van der Waals surface area contributed by atoms with Gasteiger partial charge in [-0.25, -0.2) is 8.42 Å². The van der Waals surface area contributed by atoms with Gasteiger partial charge < -0.3 is 5.32 Å². The number of hydrogen-bond donors (Lipinski definition) is 2. The summed E-state index contributed by atoms with van der Waals surface area (Å²) in [6.07, 6.45) is 3.87. The maximum atomic E-state index is 13.1. The van der Waals surface area contributed by atoms with E-state index in [2.05, 4.69) is 27.1 Å². The summed E-state index contributed by atoms with van der Waals surface area (Å²) in [5, 5.41) is 2.91. The fraction of sp³-hybridized carbons (Fsp3) is 0.345. The Morgan fingerprint density at radius 1 is 0.833 bits per heavy atom. The monoisotopic (exact) mass is 505 g/mol. The van der Waals surface area contributed by atoms with Crippen LogP contribution in [0.4, 0.5) is 5.69 Å². The maximum Gasteiger partial charge on any atom is 0.262 e. The van der Waals surface area contributed by atoms with Gasteiger partial charge in [-0.1, -0.05) is 54.4 Å². The van der Waals surface area contributed by atoms with Crippen LogP contribution in [-0.4, -0.2) is 32.3 Å². The summed E-state index contributed by atoms with van der Waals surface area (Å²) < 4.78 is 29.0. The first-order valence-corrected chi connectivity index (χ1v) is 14.0. The van der Waals surface area contributed by atoms with Crippen molar-refractivity contribution in [2.45, 2.75) is 58.0 Å². The average molecular weight is 506 g/mol. The van der Waals surface area contributed by atoms with Gasteiger partial charge in [0.25, 0.3) is 15.9 Å². The normalized spacial score (nSPS) is 14.4. The van der Waals surface area contributed by atoms with Crippen LogP contribution in [0.2, 0.25) is 0 Å². The number of carbonyl (C=O) groups is 1. The molecule has 190 valence electrons. The lowest BCUT2D eigenvalue weighted by Gasteiger charge is -2.26. The highest BCUT2D eigenvalue weighted by Crippen LogP contribution is 2.24. The van der Waals surface area contributed by atoms with Gasteiger partial charge >= 0.3 is 0 Å². The second kappa shape index (κ2) is 11.3. The highest BCUT2D eigenvalue weighted by Gasteiger charge is 2.20. The van der Waals surface area contributed by atoms with Gasteiger partial charge in [-0.2, -0.15) is 0 Å². The summed E-state index contributed by atoms with van der Waals surface area (Å²) in [4.78, 5) is 15.4. The van der Waals surface area contributed by atoms with Crippen LogP contribution in [-0.2, 0) is 23.1 Å². The maximum absolute atomic E-state index is 13.1. The van der Waals surface area contributed by atoms with Crippen molar-refractivity contribution in [3.05, 3.63) is 94.0 Å². The Labute approximate surface area is 214 Å². The van der Waals surface area contributed by atoms with E-state index in [9.17, 15) is 13.2 Å². The molecular formula is C29H35N3O3S. The molecule has 0 spiro atoms. The Morgan fingerprint density at radius 3 is 2.22 bits per heavy atom. The Kier molecular flexibility index (Phi) is 8.11. The van der Waals surface area contributed by atoms with Crippen LogP contribution in [0.15, 0.2) is 65.6 Å². The van der Waals surface area contributed by atoms with Crippen LogP contribution in [0.25, 0.3) is 0 Å². The van der Waals surface area contributed by atoms with E-state index >= 15 is 0 Å². The van der Waals surface area contributed by atoms with Crippen LogP contribution >= 0.6 is 0 Å². The van der Waals surface area contributed by atoms with Crippen molar-refractivity contribution < 1.29 is 13.2 Å². The van der Waals surface area contributed by atoms with Crippen molar-refractivity contribution in [1.29, 1.82) is 0 Å². The lowest BCUT2D eigenvalue weighted by atomic mass is 10.1. The van der Waals surface area contributed by atoms with Crippen molar-refractivity contribution in [3.63, 3.8) is 0 Å². The van der Waals surface area contributed by atoms with Gasteiger partial charge in [-0.05, 0) is 87.2 Å². The largest absolute Gasteiger partial charge is 0.348 e. The molecule has 1 saturated heterocycles. The van der Waals surface area contributed by atoms with Crippen molar-refractivity contribution >= 4 is 21.6 Å². The second-order valence-electron chi connectivity index (χ2n) is 9.74. The number of sulfonamides is 1. The minimum Gasteiger partial charge on any atom is -0.348 e. The van der Waals surface area contributed by atoms with E-state index in [-0.39, 0.29) is 10.8 Å². The van der Waals surface area contributed by atoms with Crippen LogP contribution in [0.3, 0.4) is 0 Å². The third-order valence-corrected chi connectivity index (χ3v) is 8.20. The van der Waals surface area contributed by atoms with E-state index in [1.165, 1.54) is 30.9 Å². The van der Waals surface area contributed by atoms with Gasteiger partial charge in [0.2, 0.25) is 0 Å². The van der Waals surface area contributed by atoms with E-state index in [1.54, 1.807) is 25.1 Å². The molecule has 1 fully saturated rings. The number of likely N-dealkylation sites (tertiary alicyclic amines) is 1. The van der Waals surface area contributed by atoms with Gasteiger partial charge in [-0.3, -0.25) is 14.4 Å². The summed E-state index contributed by atoms with van der Waals surface area (Å²) in [6.45, 7) is 9.20. The quantitative estimate of drug-likeness (QED) is 0.434. The van der Waals surface area contributed by atoms with E-state index in [0.29, 0.717) is 23.4 Å². The third kappa shape index (κ3) is 6.53. The van der Waals surface area contributed by atoms with Crippen molar-refractivity contribution in [2.24, 2.45) is 0 Å². The number of aryl methyl sites for hydroxylation is 3. The molecule has 2 N–H and O–H groups in total. The number of amides is 1. The van der Waals surface area contributed by atoms with Crippen molar-refractivity contribution in [1.82, 2.24) is 10.2 Å². The van der Waals surface area contributed by atoms with Crippen molar-refractivity contribution in [2.75, 3.05) is 17.8 Å². The predicted molar refractivity (Wildman–Crippen MR) is 145 cm³/mol. The SMILES string of the molecule is Cc1ccc(NS(=O)(=O)c2cc(C(=O)NCc3ccc(CN4CCCCC4)cc3)ccc2C)c(C)c1. The third-order valence-electron chi connectivity index (χ3n) is 6.70. The minimum atomic E-state index is -3.85. The average Bonchev–Trinajstić information content (AvgIpc) is 2.86. The standard InChI is InChI=1S/C29H35N3O3S/c1-21-7-14-27(23(3)17-21)31-36(34,35)28-18-26(13-8-22(28)2)29(33)30-19-24-9-11-25(12-10-24)20-32-15-5-4-6-16-32/h7-14,17-18,31H,4-6,15-16,19-20H2,1-3H3,(H,30,33). The molecular weight excluding hydrogens is 470 g/mol. The fourth-order valence-corrected chi connectivity index (χ4v) is 5.98. The minimum absolute atomic E-state index is 0.0946. The second-order valence-corrected chi connectivity index (χ2v) is 11.4. The predicted octanol–water partition coefficient (Wildman–Crippen LogP) is 5.33. The summed E-state index contributed by atoms with van der Waals surface area (Å²) in [7, 11) is -3.85. The van der Waals surface area contributed by atoms with Gasteiger partial charge in [0.05, 0.1) is 10.6 Å². The van der Waals surface area contributed by atoms with Gasteiger partial charge in [-0.15, -0.1) is 0 Å². The summed E-state index contributed by atoms with van der Waals surface area (Å²) >= 11 is 0. The Balaban J connectivity index is 1.40. The summed E-state index contributed by atoms with van der Waals surface area (Å²) in [5.41, 5.74) is 5.59. The number of piperidine rings is 1. The lowest BCUT2D eigenvalue weighted by Crippen LogP contribution is -2.29. The molecule has 0 aromatic heterocycles. The van der Waals surface area contributed by atoms with Crippen molar-refractivity contribution in [3.8, 4) is 0 Å². The Morgan fingerprint density at radius 2 is 1.53 bits per heavy atom. The molecule has 3 aromatic carbocycles. The number of nitrogens with one attached hydrogen (secondary N) is 2. The molecule has 7 heteroatoms. The molecule has 1 heterocycles. The van der Waals surface area contributed by atoms with Crippen LogP contribution in [0.1, 0.15) is 57.4 Å². The number of anilines is 1. The van der Waals surface area contributed by atoms with E-state index in [1.807, 2.05) is 38.1 Å². The first-order chi connectivity index (χ1) is 17.2. The number of benzene rings is 3. The molecule has 4 rings (SSSR count). The number of carbonyl (C=O) groups excluding carboxylic acids is 1. The van der Waals surface area contributed by atoms with Crippen LogP contribution in [0.5, 0.6) is 0 Å². The topological polar surface area (TPSA) is 78.5 Å². The molecule has 1 amide bonds. The molecule has 1 aliphatic heterocycles. The van der Waals surface area contributed by atoms with E-state index < -0.39 is 10.0 Å². The lowest BCUT2D eigenvalue weighted by molar-refractivity contribution is 0.0950. The first-order valence-electron chi connectivity index (χ1n) is 12.5. The Hall–Kier alpha value is -3.16. The zero-order valence-electron chi connectivity index (χ0n) is 21.3. The van der Waals surface area contributed by atoms with Gasteiger partial charge in [0, 0.05) is 18.7 Å². The highest BCUT2D eigenvalue weighted by atomic mass is 32.2. The molecule has 3 aromatic rings. The van der Waals surface area contributed by atoms with Crippen LogP contribution in [0, 0.1) is 20.8 Å². The smallest absolute Gasteiger partial charge is 0.262 e. The summed E-state index contributed by atoms with van der Waals surface area (Å²) in [5.74, 6) is -0.310. The number of nitrogens with zero attached hydrogens (tertiary/aromatic N) is 1. The zero-order chi connectivity index (χ0) is 25.7. The summed E-state index contributed by atoms with van der Waals surface area (Å²) in [6, 6.07) is 18.6. The molecule has 0 atom stereocenters. The Bertz CT molecular complexity index is 1330. The molecule has 0 saturated carbocycles. The molecule has 0 radical (unpaired) electrons. The molecule has 1 aliphatic rings. The van der Waals surface area contributed by atoms with E-state index in [0.717, 1.165) is 36.3 Å². The van der Waals surface area contributed by atoms with E-state index in [4.69, 9.17) is 0 Å².